The van der Waals surface area contributed by atoms with Crippen molar-refractivity contribution in [2.24, 2.45) is 5.41 Å². The Hall–Kier alpha value is -1.91. The summed E-state index contributed by atoms with van der Waals surface area (Å²) in [6.07, 6.45) is 3.60. The molecule has 0 saturated heterocycles. The second kappa shape index (κ2) is 6.31. The number of amides is 1. The zero-order valence-electron chi connectivity index (χ0n) is 11.5. The van der Waals surface area contributed by atoms with E-state index in [-0.39, 0.29) is 23.8 Å². The van der Waals surface area contributed by atoms with E-state index in [0.29, 0.717) is 12.0 Å². The Kier molecular flexibility index (Phi) is 5.03. The minimum atomic E-state index is -0.913. The van der Waals surface area contributed by atoms with Crippen LogP contribution < -0.4 is 5.32 Å². The third kappa shape index (κ3) is 5.99. The van der Waals surface area contributed by atoms with Crippen molar-refractivity contribution in [2.45, 2.75) is 39.7 Å². The van der Waals surface area contributed by atoms with Gasteiger partial charge < -0.3 is 10.4 Å². The number of aromatic nitrogens is 1. The highest BCUT2D eigenvalue weighted by Crippen LogP contribution is 2.22. The van der Waals surface area contributed by atoms with Gasteiger partial charge in [0.2, 0.25) is 0 Å². The van der Waals surface area contributed by atoms with Crippen LogP contribution in [0.15, 0.2) is 24.5 Å². The Morgan fingerprint density at radius 1 is 1.32 bits per heavy atom. The van der Waals surface area contributed by atoms with Crippen molar-refractivity contribution in [1.29, 1.82) is 0 Å². The molecule has 0 saturated carbocycles. The summed E-state index contributed by atoms with van der Waals surface area (Å²) < 4.78 is 0. The quantitative estimate of drug-likeness (QED) is 0.853. The maximum atomic E-state index is 12.0. The van der Waals surface area contributed by atoms with Crippen LogP contribution >= 0.6 is 0 Å². The van der Waals surface area contributed by atoms with Crippen LogP contribution in [0.2, 0.25) is 0 Å². The summed E-state index contributed by atoms with van der Waals surface area (Å²) in [6, 6.07) is 2.83. The molecular weight excluding hydrogens is 244 g/mol. The smallest absolute Gasteiger partial charge is 0.305 e. The molecule has 1 heterocycles. The lowest BCUT2D eigenvalue weighted by Gasteiger charge is -2.25. The lowest BCUT2D eigenvalue weighted by Crippen LogP contribution is -2.39. The second-order valence-electron chi connectivity index (χ2n) is 5.77. The fourth-order valence-corrected chi connectivity index (χ4v) is 1.90. The van der Waals surface area contributed by atoms with E-state index in [4.69, 9.17) is 5.11 Å². The van der Waals surface area contributed by atoms with E-state index in [1.165, 1.54) is 12.4 Å². The fourth-order valence-electron chi connectivity index (χ4n) is 1.90. The Labute approximate surface area is 113 Å². The number of carbonyl (C=O) groups excluding carboxylic acids is 1. The van der Waals surface area contributed by atoms with Crippen LogP contribution in [-0.2, 0) is 4.79 Å². The number of rotatable bonds is 5. The fraction of sp³-hybridized carbons (Fsp3) is 0.500. The minimum absolute atomic E-state index is 0.0500. The van der Waals surface area contributed by atoms with Gasteiger partial charge in [-0.25, -0.2) is 0 Å². The molecular formula is C14H20N2O3. The van der Waals surface area contributed by atoms with Crippen LogP contribution in [0.4, 0.5) is 0 Å². The van der Waals surface area contributed by atoms with E-state index in [0.717, 1.165) is 0 Å². The van der Waals surface area contributed by atoms with Crippen molar-refractivity contribution in [3.63, 3.8) is 0 Å². The predicted octanol–water partition coefficient (Wildman–Crippen LogP) is 2.09. The summed E-state index contributed by atoms with van der Waals surface area (Å²) in [6.45, 7) is 6.04. The van der Waals surface area contributed by atoms with Gasteiger partial charge in [0.25, 0.3) is 5.91 Å². The zero-order chi connectivity index (χ0) is 14.5. The number of nitrogens with one attached hydrogen (secondary N) is 1. The maximum Gasteiger partial charge on any atom is 0.305 e. The Morgan fingerprint density at radius 2 is 1.89 bits per heavy atom. The molecule has 1 unspecified atom stereocenters. The summed E-state index contributed by atoms with van der Waals surface area (Å²) in [4.78, 5) is 26.7. The van der Waals surface area contributed by atoms with Crippen LogP contribution in [0.3, 0.4) is 0 Å². The monoisotopic (exact) mass is 264 g/mol. The van der Waals surface area contributed by atoms with Crippen molar-refractivity contribution in [2.75, 3.05) is 0 Å². The molecule has 0 aliphatic carbocycles. The van der Waals surface area contributed by atoms with Gasteiger partial charge in [-0.05, 0) is 24.0 Å². The Balaban J connectivity index is 2.72. The van der Waals surface area contributed by atoms with E-state index in [2.05, 4.69) is 10.3 Å². The molecule has 1 aromatic rings. The van der Waals surface area contributed by atoms with Gasteiger partial charge in [-0.1, -0.05) is 20.8 Å². The number of aliphatic carboxylic acids is 1. The summed E-state index contributed by atoms with van der Waals surface area (Å²) in [7, 11) is 0. The standard InChI is InChI=1S/C14H20N2O3/c1-14(2,3)9-11(8-12(17)18)16-13(19)10-4-6-15-7-5-10/h4-7,11H,8-9H2,1-3H3,(H,16,19)(H,17,18). The van der Waals surface area contributed by atoms with Crippen molar-refractivity contribution in [3.05, 3.63) is 30.1 Å². The molecule has 19 heavy (non-hydrogen) atoms. The highest BCUT2D eigenvalue weighted by molar-refractivity contribution is 5.94. The predicted molar refractivity (Wildman–Crippen MR) is 71.8 cm³/mol. The number of carbonyl (C=O) groups is 2. The normalized spacial score (nSPS) is 12.8. The SMILES string of the molecule is CC(C)(C)CC(CC(=O)O)NC(=O)c1ccncc1. The first-order chi connectivity index (χ1) is 8.78. The lowest BCUT2D eigenvalue weighted by atomic mass is 9.87. The minimum Gasteiger partial charge on any atom is -0.481 e. The summed E-state index contributed by atoms with van der Waals surface area (Å²) in [5.41, 5.74) is 0.436. The van der Waals surface area contributed by atoms with Crippen molar-refractivity contribution in [1.82, 2.24) is 10.3 Å². The summed E-state index contributed by atoms with van der Waals surface area (Å²) >= 11 is 0. The summed E-state index contributed by atoms with van der Waals surface area (Å²) in [5.74, 6) is -1.18. The number of carboxylic acid groups (broad SMARTS) is 1. The van der Waals surface area contributed by atoms with Gasteiger partial charge >= 0.3 is 5.97 Å². The van der Waals surface area contributed by atoms with E-state index >= 15 is 0 Å². The molecule has 5 heteroatoms. The van der Waals surface area contributed by atoms with Crippen LogP contribution in [-0.4, -0.2) is 28.0 Å². The van der Waals surface area contributed by atoms with Crippen LogP contribution in [0.5, 0.6) is 0 Å². The molecule has 104 valence electrons. The molecule has 0 aliphatic rings. The highest BCUT2D eigenvalue weighted by atomic mass is 16.4. The molecule has 1 atom stereocenters. The first-order valence-corrected chi connectivity index (χ1v) is 6.20. The second-order valence-corrected chi connectivity index (χ2v) is 5.77. The van der Waals surface area contributed by atoms with Crippen molar-refractivity contribution >= 4 is 11.9 Å². The molecule has 1 aromatic heterocycles. The Morgan fingerprint density at radius 3 is 2.37 bits per heavy atom. The van der Waals surface area contributed by atoms with E-state index in [1.54, 1.807) is 12.1 Å². The van der Waals surface area contributed by atoms with Crippen molar-refractivity contribution < 1.29 is 14.7 Å². The van der Waals surface area contributed by atoms with Crippen molar-refractivity contribution in [3.8, 4) is 0 Å². The molecule has 0 bridgehead atoms. The van der Waals surface area contributed by atoms with Crippen LogP contribution in [0.1, 0.15) is 44.0 Å². The van der Waals surface area contributed by atoms with E-state index < -0.39 is 5.97 Å². The van der Waals surface area contributed by atoms with Crippen LogP contribution in [0.25, 0.3) is 0 Å². The number of nitrogens with zero attached hydrogens (tertiary/aromatic N) is 1. The van der Waals surface area contributed by atoms with Gasteiger partial charge in [-0.15, -0.1) is 0 Å². The maximum absolute atomic E-state index is 12.0. The third-order valence-electron chi connectivity index (χ3n) is 2.56. The average molecular weight is 264 g/mol. The molecule has 0 fully saturated rings. The van der Waals surface area contributed by atoms with Gasteiger partial charge in [0.1, 0.15) is 0 Å². The van der Waals surface area contributed by atoms with Gasteiger partial charge in [-0.2, -0.15) is 0 Å². The zero-order valence-corrected chi connectivity index (χ0v) is 11.5. The molecule has 5 nitrogen and oxygen atoms in total. The van der Waals surface area contributed by atoms with Gasteiger partial charge in [0, 0.05) is 24.0 Å². The van der Waals surface area contributed by atoms with Gasteiger partial charge in [0.15, 0.2) is 0 Å². The first kappa shape index (κ1) is 15.1. The molecule has 0 aliphatic heterocycles. The molecule has 1 amide bonds. The average Bonchev–Trinajstić information content (AvgIpc) is 2.26. The molecule has 1 rings (SSSR count). The topological polar surface area (TPSA) is 79.3 Å². The molecule has 0 spiro atoms. The lowest BCUT2D eigenvalue weighted by molar-refractivity contribution is -0.137. The first-order valence-electron chi connectivity index (χ1n) is 6.20. The number of hydrogen-bond donors (Lipinski definition) is 2. The third-order valence-corrected chi connectivity index (χ3v) is 2.56. The number of pyridine rings is 1. The van der Waals surface area contributed by atoms with Gasteiger partial charge in [-0.3, -0.25) is 14.6 Å². The number of carboxylic acids is 1. The van der Waals surface area contributed by atoms with E-state index in [1.807, 2.05) is 20.8 Å². The molecule has 0 aromatic carbocycles. The Bertz CT molecular complexity index is 438. The molecule has 2 N–H and O–H groups in total. The molecule has 0 radical (unpaired) electrons. The number of hydrogen-bond acceptors (Lipinski definition) is 3. The van der Waals surface area contributed by atoms with Gasteiger partial charge in [0.05, 0.1) is 6.42 Å². The van der Waals surface area contributed by atoms with E-state index in [9.17, 15) is 9.59 Å². The summed E-state index contributed by atoms with van der Waals surface area (Å²) in [5, 5.41) is 11.7. The highest BCUT2D eigenvalue weighted by Gasteiger charge is 2.23. The largest absolute Gasteiger partial charge is 0.481 e. The van der Waals surface area contributed by atoms with Crippen LogP contribution in [0, 0.1) is 5.41 Å².